The molecule has 1 aromatic rings. The normalized spacial score (nSPS) is 39.2. The second kappa shape index (κ2) is 5.66. The maximum absolute atomic E-state index is 6.15. The van der Waals surface area contributed by atoms with Crippen molar-refractivity contribution in [3.8, 4) is 0 Å². The summed E-state index contributed by atoms with van der Waals surface area (Å²) >= 11 is 0. The molecule has 1 spiro atoms. The minimum Gasteiger partial charge on any atom is -0.397 e. The van der Waals surface area contributed by atoms with E-state index in [-0.39, 0.29) is 0 Å². The molecule has 4 fully saturated rings. The molecule has 0 radical (unpaired) electrons. The Kier molecular flexibility index (Phi) is 3.55. The van der Waals surface area contributed by atoms with Crippen LogP contribution in [0.1, 0.15) is 64.2 Å². The molecule has 3 N–H and O–H groups in total. The first-order valence-electron chi connectivity index (χ1n) is 10.2. The van der Waals surface area contributed by atoms with E-state index in [0.29, 0.717) is 11.5 Å². The number of para-hydroxylation sites is 2. The number of nitrogens with one attached hydrogen (secondary N) is 1. The van der Waals surface area contributed by atoms with Gasteiger partial charge in [-0.1, -0.05) is 44.2 Å². The molecule has 1 heterocycles. The molecular formula is C21H31N3. The van der Waals surface area contributed by atoms with Crippen LogP contribution < -0.4 is 11.1 Å². The van der Waals surface area contributed by atoms with E-state index in [1.165, 1.54) is 64.2 Å². The molecule has 24 heavy (non-hydrogen) atoms. The Morgan fingerprint density at radius 2 is 1.71 bits per heavy atom. The molecule has 0 amide bonds. The van der Waals surface area contributed by atoms with Crippen LogP contribution in [0.3, 0.4) is 0 Å². The third-order valence-corrected chi connectivity index (χ3v) is 7.71. The van der Waals surface area contributed by atoms with Crippen LogP contribution in [0, 0.1) is 5.41 Å². The minimum absolute atomic E-state index is 0.588. The van der Waals surface area contributed by atoms with E-state index in [4.69, 9.17) is 5.73 Å². The number of piperidine rings is 2. The summed E-state index contributed by atoms with van der Waals surface area (Å²) in [6.45, 7) is 0. The van der Waals surface area contributed by atoms with Crippen LogP contribution >= 0.6 is 0 Å². The van der Waals surface area contributed by atoms with Gasteiger partial charge in [-0.25, -0.2) is 0 Å². The van der Waals surface area contributed by atoms with Gasteiger partial charge in [-0.05, 0) is 44.2 Å². The van der Waals surface area contributed by atoms with Gasteiger partial charge in [0.15, 0.2) is 0 Å². The molecule has 5 rings (SSSR count). The van der Waals surface area contributed by atoms with Crippen molar-refractivity contribution < 1.29 is 0 Å². The van der Waals surface area contributed by atoms with Gasteiger partial charge in [-0.15, -0.1) is 0 Å². The second-order valence-corrected chi connectivity index (χ2v) is 8.65. The number of anilines is 2. The number of rotatable bonds is 3. The third-order valence-electron chi connectivity index (χ3n) is 7.71. The molecule has 3 heteroatoms. The summed E-state index contributed by atoms with van der Waals surface area (Å²) in [6, 6.07) is 11.5. The monoisotopic (exact) mass is 325 g/mol. The highest BCUT2D eigenvalue weighted by molar-refractivity contribution is 5.66. The summed E-state index contributed by atoms with van der Waals surface area (Å²) in [5.41, 5.74) is 8.77. The fourth-order valence-electron chi connectivity index (χ4n) is 6.35. The van der Waals surface area contributed by atoms with Crippen molar-refractivity contribution in [2.75, 3.05) is 11.1 Å². The summed E-state index contributed by atoms with van der Waals surface area (Å²) in [5.74, 6) is 0. The number of likely N-dealkylation sites (tertiary alicyclic amines) is 1. The molecule has 1 saturated heterocycles. The summed E-state index contributed by atoms with van der Waals surface area (Å²) < 4.78 is 0. The lowest BCUT2D eigenvalue weighted by Gasteiger charge is -2.81. The Morgan fingerprint density at radius 3 is 2.38 bits per heavy atom. The average molecular weight is 326 g/mol. The van der Waals surface area contributed by atoms with Crippen LogP contribution in [0.15, 0.2) is 24.3 Å². The number of hydrogen-bond donors (Lipinski definition) is 2. The van der Waals surface area contributed by atoms with Gasteiger partial charge in [-0.2, -0.15) is 0 Å². The van der Waals surface area contributed by atoms with Crippen molar-refractivity contribution in [1.82, 2.24) is 4.90 Å². The Morgan fingerprint density at radius 1 is 0.958 bits per heavy atom. The molecule has 0 bridgehead atoms. The van der Waals surface area contributed by atoms with E-state index in [9.17, 15) is 0 Å². The molecule has 130 valence electrons. The van der Waals surface area contributed by atoms with Crippen molar-refractivity contribution in [2.24, 2.45) is 5.41 Å². The number of nitrogens with two attached hydrogens (primary N) is 1. The van der Waals surface area contributed by atoms with E-state index >= 15 is 0 Å². The first-order valence-corrected chi connectivity index (χ1v) is 10.2. The SMILES string of the molecule is Nc1ccccc1N[C@@H]1C[C@H]2N(C3CCCCCCC3)[C@@H]3CCC132. The summed E-state index contributed by atoms with van der Waals surface area (Å²) in [6.07, 6.45) is 14.4. The second-order valence-electron chi connectivity index (χ2n) is 8.65. The topological polar surface area (TPSA) is 41.3 Å². The van der Waals surface area contributed by atoms with E-state index in [1.807, 2.05) is 12.1 Å². The van der Waals surface area contributed by atoms with Gasteiger partial charge in [-0.3, -0.25) is 4.90 Å². The zero-order chi connectivity index (χ0) is 16.1. The molecule has 3 nitrogen and oxygen atoms in total. The number of benzene rings is 1. The molecule has 1 aromatic carbocycles. The molecule has 1 aliphatic heterocycles. The first kappa shape index (κ1) is 15.1. The maximum Gasteiger partial charge on any atom is 0.0576 e. The van der Waals surface area contributed by atoms with Crippen LogP contribution in [-0.4, -0.2) is 29.1 Å². The van der Waals surface area contributed by atoms with Gasteiger partial charge >= 0.3 is 0 Å². The van der Waals surface area contributed by atoms with Gasteiger partial charge in [0.2, 0.25) is 0 Å². The van der Waals surface area contributed by atoms with Crippen molar-refractivity contribution >= 4 is 11.4 Å². The van der Waals surface area contributed by atoms with E-state index in [2.05, 4.69) is 22.3 Å². The highest BCUT2D eigenvalue weighted by atomic mass is 15.4. The minimum atomic E-state index is 0.588. The van der Waals surface area contributed by atoms with E-state index < -0.39 is 0 Å². The predicted octanol–water partition coefficient (Wildman–Crippen LogP) is 4.40. The largest absolute Gasteiger partial charge is 0.397 e. The van der Waals surface area contributed by atoms with Crippen LogP contribution in [0.5, 0.6) is 0 Å². The van der Waals surface area contributed by atoms with Crippen LogP contribution in [0.4, 0.5) is 11.4 Å². The first-order chi connectivity index (χ1) is 11.8. The van der Waals surface area contributed by atoms with Gasteiger partial charge < -0.3 is 11.1 Å². The molecule has 3 aliphatic carbocycles. The van der Waals surface area contributed by atoms with E-state index in [0.717, 1.165) is 29.5 Å². The molecular weight excluding hydrogens is 294 g/mol. The molecule has 3 saturated carbocycles. The smallest absolute Gasteiger partial charge is 0.0576 e. The average Bonchev–Trinajstić information content (AvgIpc) is 2.50. The quantitative estimate of drug-likeness (QED) is 0.809. The summed E-state index contributed by atoms with van der Waals surface area (Å²) in [4.78, 5) is 2.96. The van der Waals surface area contributed by atoms with Crippen molar-refractivity contribution in [2.45, 2.75) is 88.4 Å². The highest BCUT2D eigenvalue weighted by Gasteiger charge is 2.75. The van der Waals surface area contributed by atoms with Gasteiger partial charge in [0.1, 0.15) is 0 Å². The van der Waals surface area contributed by atoms with Crippen molar-refractivity contribution in [3.63, 3.8) is 0 Å². The third kappa shape index (κ3) is 2.00. The Labute approximate surface area is 146 Å². The lowest BCUT2D eigenvalue weighted by Crippen LogP contribution is -2.89. The van der Waals surface area contributed by atoms with Gasteiger partial charge in [0.05, 0.1) is 11.4 Å². The number of nitrogen functional groups attached to an aromatic ring is 1. The number of hydrogen-bond acceptors (Lipinski definition) is 3. The zero-order valence-corrected chi connectivity index (χ0v) is 14.7. The standard InChI is InChI=1S/C21H31N3/c22-16-10-6-7-11-17(16)23-18-14-20-21(18)13-12-19(21)24(20)15-8-4-2-1-3-5-9-15/h6-7,10-11,15,18-20,23H,1-5,8-9,12-14,22H2/t18-,19-,20-,21?/m1/s1. The van der Waals surface area contributed by atoms with Crippen molar-refractivity contribution in [1.29, 1.82) is 0 Å². The molecule has 0 aromatic heterocycles. The Hall–Kier alpha value is -1.22. The Bertz CT molecular complexity index is 599. The maximum atomic E-state index is 6.15. The summed E-state index contributed by atoms with van der Waals surface area (Å²) in [5, 5.41) is 3.79. The predicted molar refractivity (Wildman–Crippen MR) is 100 cm³/mol. The molecule has 4 atom stereocenters. The van der Waals surface area contributed by atoms with Gasteiger partial charge in [0, 0.05) is 29.6 Å². The lowest BCUT2D eigenvalue weighted by molar-refractivity contribution is -0.286. The van der Waals surface area contributed by atoms with Crippen LogP contribution in [-0.2, 0) is 0 Å². The lowest BCUT2D eigenvalue weighted by atomic mass is 9.39. The van der Waals surface area contributed by atoms with E-state index in [1.54, 1.807) is 0 Å². The fraction of sp³-hybridized carbons (Fsp3) is 0.714. The molecule has 4 aliphatic rings. The summed E-state index contributed by atoms with van der Waals surface area (Å²) in [7, 11) is 0. The Balaban J connectivity index is 1.27. The van der Waals surface area contributed by atoms with Gasteiger partial charge in [0.25, 0.3) is 0 Å². The number of nitrogens with zero attached hydrogens (tertiary/aromatic N) is 1. The van der Waals surface area contributed by atoms with Crippen molar-refractivity contribution in [3.05, 3.63) is 24.3 Å². The van der Waals surface area contributed by atoms with Crippen LogP contribution in [0.2, 0.25) is 0 Å². The zero-order valence-electron chi connectivity index (χ0n) is 14.7. The highest BCUT2D eigenvalue weighted by Crippen LogP contribution is 2.69. The van der Waals surface area contributed by atoms with Crippen LogP contribution in [0.25, 0.3) is 0 Å². The molecule has 1 unspecified atom stereocenters. The fourth-order valence-corrected chi connectivity index (χ4v) is 6.35.